The molecule has 0 N–H and O–H groups in total. The van der Waals surface area contributed by atoms with E-state index in [9.17, 15) is 0 Å². The Morgan fingerprint density at radius 3 is 2.35 bits per heavy atom. The Morgan fingerprint density at radius 1 is 0.900 bits per heavy atom. The van der Waals surface area contributed by atoms with Gasteiger partial charge in [0, 0.05) is 12.4 Å². The van der Waals surface area contributed by atoms with E-state index in [1.54, 1.807) is 0 Å². The molecule has 0 amide bonds. The molecule has 0 aliphatic heterocycles. The van der Waals surface area contributed by atoms with Gasteiger partial charge in [0.2, 0.25) is 6.33 Å². The predicted molar refractivity (Wildman–Crippen MR) is 80.8 cm³/mol. The lowest BCUT2D eigenvalue weighted by Gasteiger charge is -2.11. The topological polar surface area (TPSA) is 8.81 Å². The van der Waals surface area contributed by atoms with Crippen molar-refractivity contribution in [3.8, 4) is 5.69 Å². The first-order valence-electron chi connectivity index (χ1n) is 6.70. The van der Waals surface area contributed by atoms with Gasteiger partial charge in [0.05, 0.1) is 12.7 Å². The summed E-state index contributed by atoms with van der Waals surface area (Å²) in [6.45, 7) is 0. The molecule has 2 nitrogen and oxygen atoms in total. The SMILES string of the molecule is C[n+]1[c-]n(-c2cc3ccccc3c3ccccc23)cc1. The van der Waals surface area contributed by atoms with E-state index in [1.165, 1.54) is 27.2 Å². The van der Waals surface area contributed by atoms with Crippen LogP contribution >= 0.6 is 0 Å². The summed E-state index contributed by atoms with van der Waals surface area (Å²) in [4.78, 5) is 0. The van der Waals surface area contributed by atoms with Crippen LogP contribution in [0.15, 0.2) is 67.0 Å². The van der Waals surface area contributed by atoms with Crippen molar-refractivity contribution >= 4 is 21.5 Å². The third-order valence-corrected chi connectivity index (χ3v) is 3.71. The average molecular weight is 258 g/mol. The number of hydrogen-bond donors (Lipinski definition) is 0. The summed E-state index contributed by atoms with van der Waals surface area (Å²) >= 11 is 0. The number of aromatic nitrogens is 2. The maximum atomic E-state index is 3.28. The van der Waals surface area contributed by atoms with E-state index >= 15 is 0 Å². The smallest absolute Gasteiger partial charge is 0.243 e. The molecule has 0 aliphatic carbocycles. The molecule has 96 valence electrons. The lowest BCUT2D eigenvalue weighted by atomic mass is 10.0. The van der Waals surface area contributed by atoms with Crippen molar-refractivity contribution in [1.82, 2.24) is 4.57 Å². The van der Waals surface area contributed by atoms with Crippen molar-refractivity contribution in [1.29, 1.82) is 0 Å². The first kappa shape index (κ1) is 11.2. The molecule has 3 aromatic carbocycles. The molecule has 1 heterocycles. The molecule has 4 rings (SSSR count). The molecule has 0 unspecified atom stereocenters. The largest absolute Gasteiger partial charge is 0.326 e. The zero-order valence-corrected chi connectivity index (χ0v) is 11.2. The Hall–Kier alpha value is -2.61. The maximum Gasteiger partial charge on any atom is 0.243 e. The highest BCUT2D eigenvalue weighted by molar-refractivity contribution is 6.11. The van der Waals surface area contributed by atoms with Crippen molar-refractivity contribution in [2.24, 2.45) is 7.05 Å². The molecular weight excluding hydrogens is 244 g/mol. The van der Waals surface area contributed by atoms with Crippen LogP contribution in [0.3, 0.4) is 0 Å². The van der Waals surface area contributed by atoms with Gasteiger partial charge in [-0.05, 0) is 27.6 Å². The number of hydrogen-bond acceptors (Lipinski definition) is 0. The van der Waals surface area contributed by atoms with Crippen LogP contribution in [0.5, 0.6) is 0 Å². The molecule has 4 aromatic rings. The minimum Gasteiger partial charge on any atom is -0.326 e. The molecule has 0 bridgehead atoms. The van der Waals surface area contributed by atoms with E-state index in [-0.39, 0.29) is 0 Å². The highest BCUT2D eigenvalue weighted by atomic mass is 15.1. The summed E-state index contributed by atoms with van der Waals surface area (Å²) in [5, 5.41) is 5.08. The van der Waals surface area contributed by atoms with Gasteiger partial charge in [0.15, 0.2) is 0 Å². The fourth-order valence-electron chi connectivity index (χ4n) is 2.77. The molecule has 0 saturated heterocycles. The maximum absolute atomic E-state index is 3.28. The van der Waals surface area contributed by atoms with E-state index in [0.717, 1.165) is 0 Å². The van der Waals surface area contributed by atoms with Crippen molar-refractivity contribution in [3.63, 3.8) is 0 Å². The summed E-state index contributed by atoms with van der Waals surface area (Å²) in [5.41, 5.74) is 1.17. The minimum absolute atomic E-state index is 1.17. The second kappa shape index (κ2) is 4.20. The average Bonchev–Trinajstić information content (AvgIpc) is 2.93. The summed E-state index contributed by atoms with van der Waals surface area (Å²) < 4.78 is 3.98. The van der Waals surface area contributed by atoms with Gasteiger partial charge in [0.25, 0.3) is 0 Å². The van der Waals surface area contributed by atoms with Gasteiger partial charge in [-0.3, -0.25) is 0 Å². The number of rotatable bonds is 1. The Kier molecular flexibility index (Phi) is 2.36. The van der Waals surface area contributed by atoms with E-state index in [4.69, 9.17) is 0 Å². The lowest BCUT2D eigenvalue weighted by molar-refractivity contribution is -0.674. The van der Waals surface area contributed by atoms with Gasteiger partial charge in [-0.2, -0.15) is 0 Å². The monoisotopic (exact) mass is 258 g/mol. The van der Waals surface area contributed by atoms with Crippen LogP contribution in [-0.4, -0.2) is 4.57 Å². The summed E-state index contributed by atoms with van der Waals surface area (Å²) in [6.07, 6.45) is 7.32. The van der Waals surface area contributed by atoms with E-state index in [1.807, 2.05) is 24.0 Å². The van der Waals surface area contributed by atoms with Crippen LogP contribution < -0.4 is 4.57 Å². The Labute approximate surface area is 117 Å². The standard InChI is InChI=1S/C18H14N2/c1-19-10-11-20(13-19)18-12-14-6-2-3-7-15(14)16-8-4-5-9-17(16)18/h2-12H,1H3. The van der Waals surface area contributed by atoms with Gasteiger partial charge < -0.3 is 9.13 Å². The number of imidazole rings is 1. The van der Waals surface area contributed by atoms with Crippen LogP contribution in [0.2, 0.25) is 0 Å². The fourth-order valence-corrected chi connectivity index (χ4v) is 2.77. The van der Waals surface area contributed by atoms with Gasteiger partial charge in [-0.25, -0.2) is 0 Å². The van der Waals surface area contributed by atoms with E-state index in [0.29, 0.717) is 0 Å². The molecule has 0 aliphatic rings. The van der Waals surface area contributed by atoms with Crippen LogP contribution in [0, 0.1) is 6.33 Å². The number of benzene rings is 3. The molecule has 0 fully saturated rings. The fraction of sp³-hybridized carbons (Fsp3) is 0.0556. The summed E-state index contributed by atoms with van der Waals surface area (Å²) in [6, 6.07) is 19.3. The Balaban J connectivity index is 2.18. The molecule has 2 heteroatoms. The normalized spacial score (nSPS) is 11.2. The van der Waals surface area contributed by atoms with Crippen molar-refractivity contribution in [2.75, 3.05) is 0 Å². The van der Waals surface area contributed by atoms with E-state index in [2.05, 4.69) is 65.5 Å². The van der Waals surface area contributed by atoms with Crippen LogP contribution in [-0.2, 0) is 7.05 Å². The summed E-state index contributed by atoms with van der Waals surface area (Å²) in [7, 11) is 1.99. The van der Waals surface area contributed by atoms with Gasteiger partial charge in [-0.1, -0.05) is 48.5 Å². The number of fused-ring (bicyclic) bond motifs is 3. The van der Waals surface area contributed by atoms with Crippen molar-refractivity contribution < 1.29 is 4.57 Å². The zero-order chi connectivity index (χ0) is 13.5. The second-order valence-electron chi connectivity index (χ2n) is 5.04. The summed E-state index contributed by atoms with van der Waals surface area (Å²) in [5.74, 6) is 0. The zero-order valence-electron chi connectivity index (χ0n) is 11.2. The predicted octanol–water partition coefficient (Wildman–Crippen LogP) is 3.41. The lowest BCUT2D eigenvalue weighted by Crippen LogP contribution is -2.24. The van der Waals surface area contributed by atoms with Crippen LogP contribution in [0.4, 0.5) is 0 Å². The third kappa shape index (κ3) is 1.62. The molecule has 0 radical (unpaired) electrons. The van der Waals surface area contributed by atoms with Gasteiger partial charge >= 0.3 is 0 Å². The Bertz CT molecular complexity index is 919. The van der Waals surface area contributed by atoms with E-state index < -0.39 is 0 Å². The third-order valence-electron chi connectivity index (χ3n) is 3.71. The molecule has 20 heavy (non-hydrogen) atoms. The molecule has 0 saturated carbocycles. The highest BCUT2D eigenvalue weighted by Gasteiger charge is 2.07. The Morgan fingerprint density at radius 2 is 1.60 bits per heavy atom. The first-order valence-corrected chi connectivity index (χ1v) is 6.70. The first-order chi connectivity index (χ1) is 9.83. The quantitative estimate of drug-likeness (QED) is 0.281. The minimum atomic E-state index is 1.17. The second-order valence-corrected chi connectivity index (χ2v) is 5.04. The van der Waals surface area contributed by atoms with Crippen molar-refractivity contribution in [2.45, 2.75) is 0 Å². The van der Waals surface area contributed by atoms with Crippen molar-refractivity contribution in [3.05, 3.63) is 73.3 Å². The molecule has 1 aromatic heterocycles. The molecule has 0 atom stereocenters. The number of nitrogens with zero attached hydrogens (tertiary/aromatic N) is 2. The van der Waals surface area contributed by atoms with Gasteiger partial charge in [-0.15, -0.1) is 0 Å². The molecular formula is C18H14N2. The molecule has 0 spiro atoms. The number of aryl methyl sites for hydroxylation is 1. The van der Waals surface area contributed by atoms with Crippen LogP contribution in [0.1, 0.15) is 0 Å². The van der Waals surface area contributed by atoms with Crippen LogP contribution in [0.25, 0.3) is 27.2 Å². The van der Waals surface area contributed by atoms with Gasteiger partial charge in [0.1, 0.15) is 0 Å². The highest BCUT2D eigenvalue weighted by Crippen LogP contribution is 2.30.